The number of hydrogen-bond donors (Lipinski definition) is 1. The van der Waals surface area contributed by atoms with Crippen molar-refractivity contribution in [2.45, 2.75) is 23.8 Å². The monoisotopic (exact) mass is 285 g/mol. The molecule has 1 aliphatic heterocycles. The summed E-state index contributed by atoms with van der Waals surface area (Å²) in [7, 11) is 2.04. The minimum atomic E-state index is 0.519. The van der Waals surface area contributed by atoms with E-state index in [1.54, 1.807) is 0 Å². The fraction of sp³-hybridized carbons (Fsp3) is 0.571. The van der Waals surface area contributed by atoms with Gasteiger partial charge in [0, 0.05) is 28.3 Å². The molecule has 2 atom stereocenters. The molecule has 2 nitrogen and oxygen atoms in total. The maximum atomic E-state index is 5.89. The summed E-state index contributed by atoms with van der Waals surface area (Å²) in [4.78, 5) is 1.27. The van der Waals surface area contributed by atoms with Gasteiger partial charge in [0.15, 0.2) is 0 Å². The highest BCUT2D eigenvalue weighted by atomic mass is 35.5. The molecule has 1 aromatic carbocycles. The van der Waals surface area contributed by atoms with Crippen LogP contribution < -0.4 is 5.32 Å². The minimum absolute atomic E-state index is 0.519. The Morgan fingerprint density at radius 2 is 2.22 bits per heavy atom. The van der Waals surface area contributed by atoms with Gasteiger partial charge in [0.1, 0.15) is 0 Å². The molecule has 1 fully saturated rings. The second-order valence-electron chi connectivity index (χ2n) is 4.64. The molecule has 0 aliphatic carbocycles. The third-order valence-electron chi connectivity index (χ3n) is 3.38. The summed E-state index contributed by atoms with van der Waals surface area (Å²) < 4.78 is 5.57. The van der Waals surface area contributed by atoms with Gasteiger partial charge in [0.25, 0.3) is 0 Å². The first-order chi connectivity index (χ1) is 8.79. The second-order valence-corrected chi connectivity index (χ2v) is 6.17. The average molecular weight is 286 g/mol. The van der Waals surface area contributed by atoms with Crippen LogP contribution in [0.1, 0.15) is 12.8 Å². The molecular weight excluding hydrogens is 266 g/mol. The van der Waals surface area contributed by atoms with Gasteiger partial charge in [-0.15, -0.1) is 11.8 Å². The van der Waals surface area contributed by atoms with Crippen molar-refractivity contribution in [2.24, 2.45) is 5.92 Å². The Morgan fingerprint density at radius 1 is 1.44 bits per heavy atom. The summed E-state index contributed by atoms with van der Waals surface area (Å²) >= 11 is 7.76. The molecule has 0 radical (unpaired) electrons. The van der Waals surface area contributed by atoms with Gasteiger partial charge in [0.05, 0.1) is 6.61 Å². The third kappa shape index (κ3) is 4.16. The van der Waals surface area contributed by atoms with Crippen molar-refractivity contribution in [3.05, 3.63) is 29.3 Å². The highest BCUT2D eigenvalue weighted by Crippen LogP contribution is 2.25. The SMILES string of the molecule is CNC(CSc1ccc(Cl)cc1)C1CCCOC1. The Balaban J connectivity index is 1.84. The first-order valence-electron chi connectivity index (χ1n) is 6.43. The molecule has 1 aliphatic rings. The molecule has 1 saturated heterocycles. The van der Waals surface area contributed by atoms with Crippen LogP contribution in [0.15, 0.2) is 29.2 Å². The van der Waals surface area contributed by atoms with E-state index in [0.717, 1.165) is 24.0 Å². The van der Waals surface area contributed by atoms with E-state index in [1.807, 2.05) is 30.9 Å². The van der Waals surface area contributed by atoms with Gasteiger partial charge in [-0.2, -0.15) is 0 Å². The van der Waals surface area contributed by atoms with Gasteiger partial charge in [-0.1, -0.05) is 11.6 Å². The molecule has 1 N–H and O–H groups in total. The number of thioether (sulfide) groups is 1. The van der Waals surface area contributed by atoms with Gasteiger partial charge in [-0.25, -0.2) is 0 Å². The molecule has 0 aromatic heterocycles. The highest BCUT2D eigenvalue weighted by molar-refractivity contribution is 7.99. The Bertz CT molecular complexity index is 351. The summed E-state index contributed by atoms with van der Waals surface area (Å²) in [5.74, 6) is 1.72. The van der Waals surface area contributed by atoms with Crippen LogP contribution in [0.5, 0.6) is 0 Å². The number of benzene rings is 1. The smallest absolute Gasteiger partial charge is 0.0509 e. The fourth-order valence-corrected chi connectivity index (χ4v) is 3.52. The molecule has 0 saturated carbocycles. The number of halogens is 1. The van der Waals surface area contributed by atoms with E-state index in [9.17, 15) is 0 Å². The van der Waals surface area contributed by atoms with Crippen molar-refractivity contribution in [1.29, 1.82) is 0 Å². The summed E-state index contributed by atoms with van der Waals surface area (Å²) in [5, 5.41) is 4.22. The molecule has 0 bridgehead atoms. The van der Waals surface area contributed by atoms with E-state index in [2.05, 4.69) is 17.4 Å². The van der Waals surface area contributed by atoms with E-state index < -0.39 is 0 Å². The minimum Gasteiger partial charge on any atom is -0.381 e. The first kappa shape index (κ1) is 14.2. The Labute approximate surface area is 118 Å². The first-order valence-corrected chi connectivity index (χ1v) is 7.79. The Hall–Kier alpha value is -0.220. The Morgan fingerprint density at radius 3 is 2.83 bits per heavy atom. The van der Waals surface area contributed by atoms with Crippen LogP contribution in [-0.2, 0) is 4.74 Å². The molecule has 18 heavy (non-hydrogen) atoms. The molecule has 1 aromatic rings. The second kappa shape index (κ2) is 7.39. The molecule has 1 heterocycles. The van der Waals surface area contributed by atoms with Crippen LogP contribution >= 0.6 is 23.4 Å². The van der Waals surface area contributed by atoms with Crippen LogP contribution in [0.3, 0.4) is 0 Å². The van der Waals surface area contributed by atoms with Gasteiger partial charge in [0.2, 0.25) is 0 Å². The van der Waals surface area contributed by atoms with Crippen molar-refractivity contribution in [1.82, 2.24) is 5.32 Å². The normalized spacial score (nSPS) is 21.8. The van der Waals surface area contributed by atoms with E-state index >= 15 is 0 Å². The Kier molecular flexibility index (Phi) is 5.83. The summed E-state index contributed by atoms with van der Waals surface area (Å²) in [6, 6.07) is 8.57. The zero-order valence-corrected chi connectivity index (χ0v) is 12.3. The number of rotatable bonds is 5. The third-order valence-corrected chi connectivity index (χ3v) is 4.76. The zero-order chi connectivity index (χ0) is 12.8. The van der Waals surface area contributed by atoms with Crippen molar-refractivity contribution in [2.75, 3.05) is 26.0 Å². The molecule has 2 unspecified atom stereocenters. The van der Waals surface area contributed by atoms with Crippen LogP contribution in [0.4, 0.5) is 0 Å². The predicted octanol–water partition coefficient (Wildman–Crippen LogP) is 3.45. The van der Waals surface area contributed by atoms with Crippen molar-refractivity contribution < 1.29 is 4.74 Å². The predicted molar refractivity (Wildman–Crippen MR) is 78.6 cm³/mol. The highest BCUT2D eigenvalue weighted by Gasteiger charge is 2.22. The number of nitrogens with one attached hydrogen (secondary N) is 1. The van der Waals surface area contributed by atoms with Crippen molar-refractivity contribution >= 4 is 23.4 Å². The number of ether oxygens (including phenoxy) is 1. The maximum absolute atomic E-state index is 5.89. The van der Waals surface area contributed by atoms with Gasteiger partial charge in [-0.3, -0.25) is 0 Å². The summed E-state index contributed by atoms with van der Waals surface area (Å²) in [6.45, 7) is 1.82. The number of hydrogen-bond acceptors (Lipinski definition) is 3. The van der Waals surface area contributed by atoms with Crippen molar-refractivity contribution in [3.63, 3.8) is 0 Å². The van der Waals surface area contributed by atoms with Crippen LogP contribution in [-0.4, -0.2) is 32.1 Å². The van der Waals surface area contributed by atoms with Crippen LogP contribution in [0.25, 0.3) is 0 Å². The van der Waals surface area contributed by atoms with Gasteiger partial charge < -0.3 is 10.1 Å². The quantitative estimate of drug-likeness (QED) is 0.838. The average Bonchev–Trinajstić information content (AvgIpc) is 2.43. The molecule has 0 spiro atoms. The van der Waals surface area contributed by atoms with E-state index in [0.29, 0.717) is 12.0 Å². The van der Waals surface area contributed by atoms with Crippen LogP contribution in [0.2, 0.25) is 5.02 Å². The topological polar surface area (TPSA) is 21.3 Å². The lowest BCUT2D eigenvalue weighted by Crippen LogP contribution is -2.40. The van der Waals surface area contributed by atoms with E-state index in [1.165, 1.54) is 17.7 Å². The molecule has 2 rings (SSSR count). The van der Waals surface area contributed by atoms with Crippen LogP contribution in [0, 0.1) is 5.92 Å². The summed E-state index contributed by atoms with van der Waals surface area (Å²) in [5.41, 5.74) is 0. The lowest BCUT2D eigenvalue weighted by atomic mass is 9.95. The lowest BCUT2D eigenvalue weighted by molar-refractivity contribution is 0.0437. The van der Waals surface area contributed by atoms with Crippen molar-refractivity contribution in [3.8, 4) is 0 Å². The lowest BCUT2D eigenvalue weighted by Gasteiger charge is -2.29. The van der Waals surface area contributed by atoms with Gasteiger partial charge >= 0.3 is 0 Å². The fourth-order valence-electron chi connectivity index (χ4n) is 2.25. The molecular formula is C14H20ClNOS. The molecule has 0 amide bonds. The zero-order valence-electron chi connectivity index (χ0n) is 10.7. The van der Waals surface area contributed by atoms with Gasteiger partial charge in [-0.05, 0) is 50.1 Å². The largest absolute Gasteiger partial charge is 0.381 e. The van der Waals surface area contributed by atoms with E-state index in [-0.39, 0.29) is 0 Å². The molecule has 4 heteroatoms. The maximum Gasteiger partial charge on any atom is 0.0509 e. The summed E-state index contributed by atoms with van der Waals surface area (Å²) in [6.07, 6.45) is 2.46. The molecule has 100 valence electrons. The standard InChI is InChI=1S/C14H20ClNOS/c1-16-14(11-3-2-8-17-9-11)10-18-13-6-4-12(15)5-7-13/h4-7,11,14,16H,2-3,8-10H2,1H3. The van der Waals surface area contributed by atoms with E-state index in [4.69, 9.17) is 16.3 Å².